The van der Waals surface area contributed by atoms with Gasteiger partial charge in [0.2, 0.25) is 0 Å². The molecule has 3 nitrogen and oxygen atoms in total. The molecule has 104 valence electrons. The lowest BCUT2D eigenvalue weighted by molar-refractivity contribution is 1.15. The molecule has 21 heavy (non-hydrogen) atoms. The molecule has 1 heterocycles. The van der Waals surface area contributed by atoms with Gasteiger partial charge in [0.1, 0.15) is 17.3 Å². The maximum absolute atomic E-state index is 6.00. The van der Waals surface area contributed by atoms with E-state index in [2.05, 4.69) is 49.4 Å². The lowest BCUT2D eigenvalue weighted by Gasteiger charge is -2.12. The summed E-state index contributed by atoms with van der Waals surface area (Å²) in [5.41, 5.74) is 3.19. The van der Waals surface area contributed by atoms with Gasteiger partial charge in [-0.2, -0.15) is 0 Å². The molecular formula is C16H11BrClN3. The van der Waals surface area contributed by atoms with Gasteiger partial charge in [-0.05, 0) is 27.6 Å². The van der Waals surface area contributed by atoms with E-state index in [1.54, 1.807) is 0 Å². The highest BCUT2D eigenvalue weighted by Crippen LogP contribution is 2.33. The van der Waals surface area contributed by atoms with Crippen LogP contribution in [0.4, 0.5) is 11.5 Å². The van der Waals surface area contributed by atoms with Crippen molar-refractivity contribution in [2.75, 3.05) is 5.32 Å². The minimum atomic E-state index is 0.379. The topological polar surface area (TPSA) is 37.8 Å². The van der Waals surface area contributed by atoms with Crippen LogP contribution >= 0.6 is 27.5 Å². The van der Waals surface area contributed by atoms with E-state index in [0.717, 1.165) is 16.8 Å². The first-order chi connectivity index (χ1) is 10.3. The molecule has 3 rings (SSSR count). The van der Waals surface area contributed by atoms with E-state index in [4.69, 9.17) is 11.6 Å². The molecule has 3 aromatic rings. The molecule has 5 heteroatoms. The third-order valence-electron chi connectivity index (χ3n) is 3.01. The molecule has 0 amide bonds. The summed E-state index contributed by atoms with van der Waals surface area (Å²) in [7, 11) is 0. The first kappa shape index (κ1) is 14.0. The zero-order chi connectivity index (χ0) is 14.7. The van der Waals surface area contributed by atoms with Crippen molar-refractivity contribution in [2.24, 2.45) is 0 Å². The normalized spacial score (nSPS) is 10.4. The lowest BCUT2D eigenvalue weighted by atomic mass is 10.0. The zero-order valence-corrected chi connectivity index (χ0v) is 13.3. The van der Waals surface area contributed by atoms with Crippen LogP contribution < -0.4 is 5.32 Å². The molecule has 0 unspecified atom stereocenters. The van der Waals surface area contributed by atoms with Crippen molar-refractivity contribution in [1.29, 1.82) is 0 Å². The van der Waals surface area contributed by atoms with Gasteiger partial charge in [-0.3, -0.25) is 0 Å². The third kappa shape index (κ3) is 3.06. The number of rotatable bonds is 3. The van der Waals surface area contributed by atoms with Gasteiger partial charge in [0.15, 0.2) is 0 Å². The second kappa shape index (κ2) is 6.24. The molecule has 0 aliphatic carbocycles. The minimum absolute atomic E-state index is 0.379. The van der Waals surface area contributed by atoms with Crippen LogP contribution in [0.25, 0.3) is 11.1 Å². The monoisotopic (exact) mass is 359 g/mol. The van der Waals surface area contributed by atoms with Crippen LogP contribution in [-0.2, 0) is 0 Å². The van der Waals surface area contributed by atoms with Gasteiger partial charge in [-0.1, -0.05) is 60.1 Å². The summed E-state index contributed by atoms with van der Waals surface area (Å²) < 4.78 is 0.648. The fourth-order valence-electron chi connectivity index (χ4n) is 2.02. The van der Waals surface area contributed by atoms with Gasteiger partial charge in [0.05, 0.1) is 4.47 Å². The van der Waals surface area contributed by atoms with Crippen LogP contribution in [-0.4, -0.2) is 9.97 Å². The Hall–Kier alpha value is -1.91. The summed E-state index contributed by atoms with van der Waals surface area (Å²) in [5.74, 6) is 0.637. The quantitative estimate of drug-likeness (QED) is 0.644. The second-order valence-electron chi connectivity index (χ2n) is 4.36. The van der Waals surface area contributed by atoms with Crippen molar-refractivity contribution >= 4 is 39.0 Å². The Bertz CT molecular complexity index is 762. The molecule has 0 aliphatic heterocycles. The number of hydrogen-bond donors (Lipinski definition) is 1. The molecule has 0 saturated heterocycles. The predicted molar refractivity (Wildman–Crippen MR) is 89.9 cm³/mol. The Morgan fingerprint density at radius 3 is 2.43 bits per heavy atom. The van der Waals surface area contributed by atoms with E-state index in [9.17, 15) is 0 Å². The van der Waals surface area contributed by atoms with Gasteiger partial charge in [-0.25, -0.2) is 9.97 Å². The minimum Gasteiger partial charge on any atom is -0.339 e. The Balaban J connectivity index is 2.02. The van der Waals surface area contributed by atoms with Crippen LogP contribution in [0, 0.1) is 0 Å². The summed E-state index contributed by atoms with van der Waals surface area (Å²) in [6.07, 6.45) is 1.43. The van der Waals surface area contributed by atoms with Crippen molar-refractivity contribution in [3.63, 3.8) is 0 Å². The highest BCUT2D eigenvalue weighted by Gasteiger charge is 2.10. The maximum Gasteiger partial charge on any atom is 0.149 e. The summed E-state index contributed by atoms with van der Waals surface area (Å²) in [6.45, 7) is 0. The molecule has 0 atom stereocenters. The van der Waals surface area contributed by atoms with Gasteiger partial charge < -0.3 is 5.32 Å². The number of anilines is 2. The Morgan fingerprint density at radius 2 is 1.62 bits per heavy atom. The molecule has 0 aliphatic rings. The summed E-state index contributed by atoms with van der Waals surface area (Å²) in [4.78, 5) is 8.14. The van der Waals surface area contributed by atoms with Gasteiger partial charge in [0, 0.05) is 11.3 Å². The van der Waals surface area contributed by atoms with Gasteiger partial charge >= 0.3 is 0 Å². The van der Waals surface area contributed by atoms with Crippen LogP contribution in [0.2, 0.25) is 5.15 Å². The number of halogens is 2. The average Bonchev–Trinajstić information content (AvgIpc) is 2.53. The van der Waals surface area contributed by atoms with Crippen molar-refractivity contribution in [3.05, 3.63) is 70.6 Å². The number of para-hydroxylation sites is 1. The number of aromatic nitrogens is 2. The zero-order valence-electron chi connectivity index (χ0n) is 10.9. The molecule has 0 spiro atoms. The van der Waals surface area contributed by atoms with E-state index in [0.29, 0.717) is 15.4 Å². The smallest absolute Gasteiger partial charge is 0.149 e. The Morgan fingerprint density at radius 1 is 0.905 bits per heavy atom. The lowest BCUT2D eigenvalue weighted by Crippen LogP contribution is -1.98. The maximum atomic E-state index is 6.00. The number of hydrogen-bond acceptors (Lipinski definition) is 3. The number of benzene rings is 2. The van der Waals surface area contributed by atoms with Crippen molar-refractivity contribution < 1.29 is 0 Å². The predicted octanol–water partition coefficient (Wildman–Crippen LogP) is 5.30. The average molecular weight is 361 g/mol. The Kier molecular flexibility index (Phi) is 4.18. The highest BCUT2D eigenvalue weighted by atomic mass is 79.9. The number of nitrogens with zero attached hydrogens (tertiary/aromatic N) is 2. The first-order valence-electron chi connectivity index (χ1n) is 6.33. The van der Waals surface area contributed by atoms with E-state index in [-0.39, 0.29) is 0 Å². The largest absolute Gasteiger partial charge is 0.339 e. The van der Waals surface area contributed by atoms with Crippen molar-refractivity contribution in [2.45, 2.75) is 0 Å². The van der Waals surface area contributed by atoms with Crippen molar-refractivity contribution in [3.8, 4) is 11.1 Å². The fourth-order valence-corrected chi connectivity index (χ4v) is 2.46. The third-order valence-corrected chi connectivity index (χ3v) is 4.28. The van der Waals surface area contributed by atoms with E-state index in [1.807, 2.05) is 36.4 Å². The highest BCUT2D eigenvalue weighted by molar-refractivity contribution is 9.10. The van der Waals surface area contributed by atoms with E-state index >= 15 is 0 Å². The van der Waals surface area contributed by atoms with Crippen LogP contribution in [0.5, 0.6) is 0 Å². The summed E-state index contributed by atoms with van der Waals surface area (Å²) >= 11 is 9.40. The number of nitrogens with one attached hydrogen (secondary N) is 1. The summed E-state index contributed by atoms with van der Waals surface area (Å²) in [5, 5.41) is 3.68. The molecule has 1 aromatic heterocycles. The molecule has 1 N–H and O–H groups in total. The van der Waals surface area contributed by atoms with E-state index < -0.39 is 0 Å². The van der Waals surface area contributed by atoms with Gasteiger partial charge in [0.25, 0.3) is 0 Å². The molecule has 0 fully saturated rings. The second-order valence-corrected chi connectivity index (χ2v) is 5.51. The van der Waals surface area contributed by atoms with E-state index in [1.165, 1.54) is 6.33 Å². The molecule has 0 saturated carbocycles. The SMILES string of the molecule is Clc1ncnc(Nc2ccccc2-c2ccccc2)c1Br. The fraction of sp³-hybridized carbons (Fsp3) is 0. The van der Waals surface area contributed by atoms with Crippen LogP contribution in [0.15, 0.2) is 65.4 Å². The summed E-state index contributed by atoms with van der Waals surface area (Å²) in [6, 6.07) is 18.2. The molecule has 2 aromatic carbocycles. The molecular weight excluding hydrogens is 350 g/mol. The van der Waals surface area contributed by atoms with Crippen LogP contribution in [0.3, 0.4) is 0 Å². The Labute approximate surface area is 136 Å². The van der Waals surface area contributed by atoms with Gasteiger partial charge in [-0.15, -0.1) is 0 Å². The standard InChI is InChI=1S/C16H11BrClN3/c17-14-15(18)19-10-20-16(14)21-13-9-5-4-8-12(13)11-6-2-1-3-7-11/h1-10H,(H,19,20,21). The molecule has 0 bridgehead atoms. The first-order valence-corrected chi connectivity index (χ1v) is 7.50. The van der Waals surface area contributed by atoms with Crippen molar-refractivity contribution in [1.82, 2.24) is 9.97 Å². The molecule has 0 radical (unpaired) electrons. The van der Waals surface area contributed by atoms with Crippen LogP contribution in [0.1, 0.15) is 0 Å².